The van der Waals surface area contributed by atoms with Gasteiger partial charge in [-0.3, -0.25) is 0 Å². The number of fused-ring (bicyclic) bond motifs is 1. The summed E-state index contributed by atoms with van der Waals surface area (Å²) in [6.45, 7) is 13.5. The Balaban J connectivity index is 2.27. The topological polar surface area (TPSA) is 54.0 Å². The highest BCUT2D eigenvalue weighted by Gasteiger charge is 2.33. The second-order valence-corrected chi connectivity index (χ2v) is 9.67. The van der Waals surface area contributed by atoms with Gasteiger partial charge in [0.15, 0.2) is 6.10 Å². The summed E-state index contributed by atoms with van der Waals surface area (Å²) < 4.78 is 23.7. The van der Waals surface area contributed by atoms with Gasteiger partial charge in [-0.2, -0.15) is 0 Å². The molecule has 0 aliphatic carbocycles. The zero-order valence-electron chi connectivity index (χ0n) is 21.2. The molecule has 1 heterocycles. The second kappa shape index (κ2) is 10.6. The van der Waals surface area contributed by atoms with Gasteiger partial charge in [-0.1, -0.05) is 25.5 Å². The molecule has 180 valence electrons. The van der Waals surface area contributed by atoms with E-state index in [2.05, 4.69) is 19.9 Å². The van der Waals surface area contributed by atoms with Crippen molar-refractivity contribution < 1.29 is 23.7 Å². The van der Waals surface area contributed by atoms with E-state index in [0.717, 1.165) is 71.6 Å². The zero-order valence-corrected chi connectivity index (χ0v) is 21.2. The van der Waals surface area contributed by atoms with E-state index >= 15 is 0 Å². The highest BCUT2D eigenvalue weighted by atomic mass is 16.6. The van der Waals surface area contributed by atoms with Gasteiger partial charge in [0.1, 0.15) is 11.5 Å². The molecule has 1 aliphatic heterocycles. The van der Waals surface area contributed by atoms with Crippen molar-refractivity contribution in [1.29, 1.82) is 0 Å². The molecule has 1 unspecified atom stereocenters. The number of carbonyl (C=O) groups is 1. The summed E-state index contributed by atoms with van der Waals surface area (Å²) in [5.41, 5.74) is 5.52. The van der Waals surface area contributed by atoms with E-state index in [0.29, 0.717) is 6.61 Å². The van der Waals surface area contributed by atoms with E-state index in [1.54, 1.807) is 0 Å². The quantitative estimate of drug-likeness (QED) is 0.336. The van der Waals surface area contributed by atoms with Gasteiger partial charge in [0.25, 0.3) is 0 Å². The van der Waals surface area contributed by atoms with Crippen LogP contribution in [0.25, 0.3) is 11.1 Å². The summed E-state index contributed by atoms with van der Waals surface area (Å²) >= 11 is 0. The Morgan fingerprint density at radius 2 is 1.91 bits per heavy atom. The summed E-state index contributed by atoms with van der Waals surface area (Å²) in [5.74, 6) is 1.29. The Labute approximate surface area is 198 Å². The van der Waals surface area contributed by atoms with Crippen LogP contribution in [0.1, 0.15) is 75.3 Å². The third-order valence-corrected chi connectivity index (χ3v) is 5.98. The number of methoxy groups -OCH3 is 1. The molecule has 0 amide bonds. The predicted octanol–water partition coefficient (Wildman–Crippen LogP) is 6.50. The molecule has 5 heteroatoms. The molecule has 1 atom stereocenters. The van der Waals surface area contributed by atoms with Crippen molar-refractivity contribution in [3.8, 4) is 22.6 Å². The Bertz CT molecular complexity index is 987. The fourth-order valence-corrected chi connectivity index (χ4v) is 4.33. The number of hydrogen-bond donors (Lipinski definition) is 0. The van der Waals surface area contributed by atoms with E-state index < -0.39 is 17.7 Å². The molecule has 0 N–H and O–H groups in total. The monoisotopic (exact) mass is 454 g/mol. The molecule has 0 radical (unpaired) electrons. The summed E-state index contributed by atoms with van der Waals surface area (Å²) in [5, 5.41) is 0. The first-order valence-corrected chi connectivity index (χ1v) is 12.0. The summed E-state index contributed by atoms with van der Waals surface area (Å²) in [6, 6.07) is 8.12. The molecule has 2 aromatic rings. The fourth-order valence-electron chi connectivity index (χ4n) is 4.33. The largest absolute Gasteiger partial charge is 0.493 e. The number of carbonyl (C=O) groups excluding carboxylic acids is 1. The molecule has 5 nitrogen and oxygen atoms in total. The standard InChI is InChI=1S/C28H38O5/c1-8-9-16-32-23-14-12-18(2)24(26(27(29)30-7)33-28(4,5)6)25(23)21-13-15-22-20(19(21)3)11-10-17-31-22/h12-15,26H,8-11,16-17H2,1-7H3. The van der Waals surface area contributed by atoms with Crippen LogP contribution in [0.4, 0.5) is 0 Å². The van der Waals surface area contributed by atoms with Crippen LogP contribution >= 0.6 is 0 Å². The van der Waals surface area contributed by atoms with Crippen LogP contribution in [0, 0.1) is 13.8 Å². The fraction of sp³-hybridized carbons (Fsp3) is 0.536. The third kappa shape index (κ3) is 5.70. The molecule has 2 aromatic carbocycles. The maximum absolute atomic E-state index is 13.0. The molecule has 0 aromatic heterocycles. The van der Waals surface area contributed by atoms with Gasteiger partial charge in [-0.25, -0.2) is 4.79 Å². The van der Waals surface area contributed by atoms with Crippen LogP contribution < -0.4 is 9.47 Å². The molecule has 3 rings (SSSR count). The van der Waals surface area contributed by atoms with Gasteiger partial charge in [-0.05, 0) is 88.3 Å². The molecular weight excluding hydrogens is 416 g/mol. The normalized spacial score (nSPS) is 14.3. The third-order valence-electron chi connectivity index (χ3n) is 5.98. The predicted molar refractivity (Wildman–Crippen MR) is 131 cm³/mol. The van der Waals surface area contributed by atoms with Crippen molar-refractivity contribution in [1.82, 2.24) is 0 Å². The number of aryl methyl sites for hydroxylation is 1. The van der Waals surface area contributed by atoms with Crippen LogP contribution in [0.2, 0.25) is 0 Å². The Morgan fingerprint density at radius 3 is 2.58 bits per heavy atom. The lowest BCUT2D eigenvalue weighted by Gasteiger charge is -2.30. The van der Waals surface area contributed by atoms with Crippen LogP contribution in [-0.2, 0) is 20.7 Å². The number of rotatable bonds is 8. The van der Waals surface area contributed by atoms with Crippen LogP contribution in [-0.4, -0.2) is 31.9 Å². The van der Waals surface area contributed by atoms with Crippen LogP contribution in [0.15, 0.2) is 24.3 Å². The van der Waals surface area contributed by atoms with E-state index in [4.69, 9.17) is 18.9 Å². The maximum Gasteiger partial charge on any atom is 0.339 e. The van der Waals surface area contributed by atoms with E-state index in [1.165, 1.54) is 12.7 Å². The van der Waals surface area contributed by atoms with E-state index in [1.807, 2.05) is 45.9 Å². The van der Waals surface area contributed by atoms with Crippen molar-refractivity contribution in [2.45, 2.75) is 78.9 Å². The number of esters is 1. The molecule has 1 aliphatic rings. The minimum absolute atomic E-state index is 0.418. The summed E-state index contributed by atoms with van der Waals surface area (Å²) in [4.78, 5) is 13.0. The minimum Gasteiger partial charge on any atom is -0.493 e. The lowest BCUT2D eigenvalue weighted by atomic mass is 9.86. The van der Waals surface area contributed by atoms with Gasteiger partial charge in [-0.15, -0.1) is 0 Å². The first-order chi connectivity index (χ1) is 15.7. The van der Waals surface area contributed by atoms with E-state index in [-0.39, 0.29) is 0 Å². The summed E-state index contributed by atoms with van der Waals surface area (Å²) in [6.07, 6.45) is 3.10. The first-order valence-electron chi connectivity index (χ1n) is 12.0. The highest BCUT2D eigenvalue weighted by molar-refractivity contribution is 5.86. The van der Waals surface area contributed by atoms with Crippen molar-refractivity contribution >= 4 is 5.97 Å². The van der Waals surface area contributed by atoms with Crippen LogP contribution in [0.5, 0.6) is 11.5 Å². The van der Waals surface area contributed by atoms with Crippen molar-refractivity contribution in [3.05, 3.63) is 46.5 Å². The van der Waals surface area contributed by atoms with E-state index in [9.17, 15) is 4.79 Å². The smallest absolute Gasteiger partial charge is 0.339 e. The molecule has 0 bridgehead atoms. The molecule has 0 spiro atoms. The van der Waals surface area contributed by atoms with Gasteiger partial charge in [0.05, 0.1) is 25.9 Å². The number of benzene rings is 2. The van der Waals surface area contributed by atoms with Gasteiger partial charge >= 0.3 is 5.97 Å². The lowest BCUT2D eigenvalue weighted by molar-refractivity contribution is -0.164. The van der Waals surface area contributed by atoms with Gasteiger partial charge < -0.3 is 18.9 Å². The van der Waals surface area contributed by atoms with Gasteiger partial charge in [0.2, 0.25) is 0 Å². The number of ether oxygens (including phenoxy) is 4. The molecule has 0 saturated heterocycles. The SMILES string of the molecule is CCCCOc1ccc(C)c(C(OC(C)(C)C)C(=O)OC)c1-c1ccc2c(c1C)CCCO2. The van der Waals surface area contributed by atoms with Crippen molar-refractivity contribution in [2.24, 2.45) is 0 Å². The van der Waals surface area contributed by atoms with Crippen molar-refractivity contribution in [3.63, 3.8) is 0 Å². The average molecular weight is 455 g/mol. The lowest BCUT2D eigenvalue weighted by Crippen LogP contribution is -2.29. The molecular formula is C28H38O5. The number of hydrogen-bond acceptors (Lipinski definition) is 5. The minimum atomic E-state index is -0.869. The maximum atomic E-state index is 13.0. The van der Waals surface area contributed by atoms with Crippen LogP contribution in [0.3, 0.4) is 0 Å². The first kappa shape index (κ1) is 25.1. The second-order valence-electron chi connectivity index (χ2n) is 9.67. The van der Waals surface area contributed by atoms with Crippen molar-refractivity contribution in [2.75, 3.05) is 20.3 Å². The zero-order chi connectivity index (χ0) is 24.2. The molecule has 0 fully saturated rings. The Hall–Kier alpha value is -2.53. The Kier molecular flexibility index (Phi) is 8.06. The van der Waals surface area contributed by atoms with Gasteiger partial charge in [0, 0.05) is 11.1 Å². The average Bonchev–Trinajstić information content (AvgIpc) is 2.78. The molecule has 33 heavy (non-hydrogen) atoms. The molecule has 0 saturated carbocycles. The number of unbranched alkanes of at least 4 members (excludes halogenated alkanes) is 1. The summed E-state index contributed by atoms with van der Waals surface area (Å²) in [7, 11) is 1.40. The Morgan fingerprint density at radius 1 is 1.15 bits per heavy atom. The highest BCUT2D eigenvalue weighted by Crippen LogP contribution is 2.45.